The maximum absolute atomic E-state index is 6.25. The molecule has 3 nitrogen and oxygen atoms in total. The standard InChI is InChI=1S/C14H25N3/c1-4-6-7-8-9-13(15)12-10-11(3)16-17-14(12)5-2/h10,13H,4-9,15H2,1-3H3. The molecule has 1 aromatic rings. The third-order valence-corrected chi connectivity index (χ3v) is 3.13. The zero-order chi connectivity index (χ0) is 12.7. The fourth-order valence-corrected chi connectivity index (χ4v) is 2.08. The minimum atomic E-state index is 0.121. The molecular formula is C14H25N3. The van der Waals surface area contributed by atoms with Gasteiger partial charge in [0.05, 0.1) is 11.4 Å². The van der Waals surface area contributed by atoms with Crippen molar-refractivity contribution in [1.82, 2.24) is 10.2 Å². The summed E-state index contributed by atoms with van der Waals surface area (Å²) < 4.78 is 0. The SMILES string of the molecule is CCCCCCC(N)c1cc(C)nnc1CC. The molecule has 17 heavy (non-hydrogen) atoms. The van der Waals surface area contributed by atoms with E-state index in [0.29, 0.717) is 0 Å². The second kappa shape index (κ2) is 7.38. The van der Waals surface area contributed by atoms with Gasteiger partial charge in [0.2, 0.25) is 0 Å². The Morgan fingerprint density at radius 2 is 1.94 bits per heavy atom. The van der Waals surface area contributed by atoms with Gasteiger partial charge in [-0.1, -0.05) is 39.5 Å². The summed E-state index contributed by atoms with van der Waals surface area (Å²) in [5.74, 6) is 0. The lowest BCUT2D eigenvalue weighted by Crippen LogP contribution is -2.14. The molecule has 1 aromatic heterocycles. The molecule has 0 saturated carbocycles. The Balaban J connectivity index is 2.60. The number of aryl methyl sites for hydroxylation is 2. The van der Waals surface area contributed by atoms with Crippen molar-refractivity contribution in [2.75, 3.05) is 0 Å². The first-order valence-corrected chi connectivity index (χ1v) is 6.77. The molecule has 1 atom stereocenters. The number of nitrogens with zero attached hydrogens (tertiary/aromatic N) is 2. The smallest absolute Gasteiger partial charge is 0.0676 e. The Bertz CT molecular complexity index is 336. The second-order valence-electron chi connectivity index (χ2n) is 4.70. The van der Waals surface area contributed by atoms with Crippen LogP contribution in [0.15, 0.2) is 6.07 Å². The highest BCUT2D eigenvalue weighted by atomic mass is 15.1. The number of nitrogens with two attached hydrogens (primary N) is 1. The number of hydrogen-bond acceptors (Lipinski definition) is 3. The number of aromatic nitrogens is 2. The van der Waals surface area contributed by atoms with Crippen molar-refractivity contribution in [3.63, 3.8) is 0 Å². The largest absolute Gasteiger partial charge is 0.324 e. The molecule has 0 saturated heterocycles. The average molecular weight is 235 g/mol. The zero-order valence-electron chi connectivity index (χ0n) is 11.4. The summed E-state index contributed by atoms with van der Waals surface area (Å²) in [5.41, 5.74) is 9.46. The second-order valence-corrected chi connectivity index (χ2v) is 4.70. The molecule has 0 amide bonds. The maximum Gasteiger partial charge on any atom is 0.0676 e. The lowest BCUT2D eigenvalue weighted by atomic mass is 9.98. The highest BCUT2D eigenvalue weighted by Gasteiger charge is 2.12. The van der Waals surface area contributed by atoms with E-state index in [0.717, 1.165) is 24.2 Å². The van der Waals surface area contributed by atoms with Gasteiger partial charge in [0.15, 0.2) is 0 Å². The Morgan fingerprint density at radius 1 is 1.18 bits per heavy atom. The molecule has 0 aliphatic heterocycles. The first-order valence-electron chi connectivity index (χ1n) is 6.77. The summed E-state index contributed by atoms with van der Waals surface area (Å²) >= 11 is 0. The molecule has 96 valence electrons. The van der Waals surface area contributed by atoms with E-state index in [9.17, 15) is 0 Å². The van der Waals surface area contributed by atoms with Crippen molar-refractivity contribution in [2.24, 2.45) is 5.73 Å². The van der Waals surface area contributed by atoms with Gasteiger partial charge in [-0.25, -0.2) is 0 Å². The molecule has 0 radical (unpaired) electrons. The molecule has 3 heteroatoms. The molecule has 1 heterocycles. The van der Waals surface area contributed by atoms with E-state index in [2.05, 4.69) is 30.1 Å². The lowest BCUT2D eigenvalue weighted by molar-refractivity contribution is 0.559. The highest BCUT2D eigenvalue weighted by Crippen LogP contribution is 2.20. The van der Waals surface area contributed by atoms with Gasteiger partial charge < -0.3 is 5.73 Å². The van der Waals surface area contributed by atoms with Gasteiger partial charge in [0, 0.05) is 6.04 Å². The number of rotatable bonds is 7. The van der Waals surface area contributed by atoms with E-state index in [1.807, 2.05) is 6.92 Å². The van der Waals surface area contributed by atoms with Crippen molar-refractivity contribution in [3.05, 3.63) is 23.0 Å². The van der Waals surface area contributed by atoms with Crippen molar-refractivity contribution in [3.8, 4) is 0 Å². The summed E-state index contributed by atoms with van der Waals surface area (Å²) in [4.78, 5) is 0. The molecule has 0 spiro atoms. The van der Waals surface area contributed by atoms with Crippen LogP contribution in [0.1, 0.15) is 68.9 Å². The lowest BCUT2D eigenvalue weighted by Gasteiger charge is -2.15. The van der Waals surface area contributed by atoms with Gasteiger partial charge in [-0.05, 0) is 31.4 Å². The molecule has 0 aliphatic carbocycles. The highest BCUT2D eigenvalue weighted by molar-refractivity contribution is 5.24. The average Bonchev–Trinajstić information content (AvgIpc) is 2.34. The summed E-state index contributed by atoms with van der Waals surface area (Å²) in [7, 11) is 0. The molecule has 0 bridgehead atoms. The number of unbranched alkanes of at least 4 members (excludes halogenated alkanes) is 3. The fraction of sp³-hybridized carbons (Fsp3) is 0.714. The fourth-order valence-electron chi connectivity index (χ4n) is 2.08. The van der Waals surface area contributed by atoms with Crippen LogP contribution in [0.3, 0.4) is 0 Å². The van der Waals surface area contributed by atoms with E-state index in [4.69, 9.17) is 5.73 Å². The van der Waals surface area contributed by atoms with Gasteiger partial charge in [-0.3, -0.25) is 0 Å². The maximum atomic E-state index is 6.25. The van der Waals surface area contributed by atoms with E-state index in [1.54, 1.807) is 0 Å². The van der Waals surface area contributed by atoms with Crippen LogP contribution < -0.4 is 5.73 Å². The van der Waals surface area contributed by atoms with Crippen LogP contribution in [0.4, 0.5) is 0 Å². The van der Waals surface area contributed by atoms with Crippen LogP contribution in [0.5, 0.6) is 0 Å². The van der Waals surface area contributed by atoms with E-state index < -0.39 is 0 Å². The minimum Gasteiger partial charge on any atom is -0.324 e. The van der Waals surface area contributed by atoms with Crippen molar-refractivity contribution in [2.45, 2.75) is 65.3 Å². The van der Waals surface area contributed by atoms with Gasteiger partial charge >= 0.3 is 0 Å². The molecule has 2 N–H and O–H groups in total. The molecule has 0 fully saturated rings. The predicted octanol–water partition coefficient (Wildman–Crippen LogP) is 3.32. The van der Waals surface area contributed by atoms with Crippen molar-refractivity contribution in [1.29, 1.82) is 0 Å². The Hall–Kier alpha value is -0.960. The Kier molecular flexibility index (Phi) is 6.12. The van der Waals surface area contributed by atoms with E-state index in [-0.39, 0.29) is 6.04 Å². The normalized spacial score (nSPS) is 12.7. The minimum absolute atomic E-state index is 0.121. The predicted molar refractivity (Wildman–Crippen MR) is 71.8 cm³/mol. The zero-order valence-corrected chi connectivity index (χ0v) is 11.4. The summed E-state index contributed by atoms with van der Waals surface area (Å²) in [6, 6.07) is 2.21. The topological polar surface area (TPSA) is 51.8 Å². The van der Waals surface area contributed by atoms with Gasteiger partial charge in [-0.15, -0.1) is 0 Å². The van der Waals surface area contributed by atoms with Crippen molar-refractivity contribution < 1.29 is 0 Å². The van der Waals surface area contributed by atoms with Crippen LogP contribution in [-0.2, 0) is 6.42 Å². The Labute approximate surface area is 105 Å². The van der Waals surface area contributed by atoms with E-state index in [1.165, 1.54) is 31.2 Å². The quantitative estimate of drug-likeness (QED) is 0.738. The molecule has 1 unspecified atom stereocenters. The van der Waals surface area contributed by atoms with Gasteiger partial charge in [0.1, 0.15) is 0 Å². The van der Waals surface area contributed by atoms with Crippen LogP contribution in [0.25, 0.3) is 0 Å². The van der Waals surface area contributed by atoms with Crippen LogP contribution in [-0.4, -0.2) is 10.2 Å². The van der Waals surface area contributed by atoms with Crippen LogP contribution >= 0.6 is 0 Å². The first kappa shape index (κ1) is 14.1. The summed E-state index contributed by atoms with van der Waals surface area (Å²) in [5, 5.41) is 8.33. The third-order valence-electron chi connectivity index (χ3n) is 3.13. The first-order chi connectivity index (χ1) is 8.19. The van der Waals surface area contributed by atoms with Crippen LogP contribution in [0.2, 0.25) is 0 Å². The van der Waals surface area contributed by atoms with E-state index >= 15 is 0 Å². The number of hydrogen-bond donors (Lipinski definition) is 1. The van der Waals surface area contributed by atoms with Gasteiger partial charge in [0.25, 0.3) is 0 Å². The summed E-state index contributed by atoms with van der Waals surface area (Å²) in [6.07, 6.45) is 7.03. The van der Waals surface area contributed by atoms with Crippen molar-refractivity contribution >= 4 is 0 Å². The molecular weight excluding hydrogens is 210 g/mol. The third kappa shape index (κ3) is 4.43. The van der Waals surface area contributed by atoms with Crippen LogP contribution in [0, 0.1) is 6.92 Å². The molecule has 0 aliphatic rings. The van der Waals surface area contributed by atoms with Gasteiger partial charge in [-0.2, -0.15) is 10.2 Å². The monoisotopic (exact) mass is 235 g/mol. The summed E-state index contributed by atoms with van der Waals surface area (Å²) in [6.45, 7) is 6.30. The molecule has 0 aromatic carbocycles. The Morgan fingerprint density at radius 3 is 2.59 bits per heavy atom. The molecule has 1 rings (SSSR count).